The summed E-state index contributed by atoms with van der Waals surface area (Å²) < 4.78 is 5.18. The van der Waals surface area contributed by atoms with E-state index in [2.05, 4.69) is 5.32 Å². The molecule has 0 aliphatic carbocycles. The van der Waals surface area contributed by atoms with Gasteiger partial charge in [-0.05, 0) is 29.8 Å². The number of aliphatic carboxylic acids is 1. The van der Waals surface area contributed by atoms with Gasteiger partial charge in [-0.2, -0.15) is 0 Å². The summed E-state index contributed by atoms with van der Waals surface area (Å²) in [5, 5.41) is 34.7. The van der Waals surface area contributed by atoms with Crippen molar-refractivity contribution in [3.63, 3.8) is 0 Å². The number of hydrogen-bond acceptors (Lipinski definition) is 9. The second-order valence-corrected chi connectivity index (χ2v) is 9.42. The van der Waals surface area contributed by atoms with Crippen molar-refractivity contribution in [2.45, 2.75) is 18.6 Å². The third-order valence-electron chi connectivity index (χ3n) is 6.73. The van der Waals surface area contributed by atoms with Crippen LogP contribution < -0.4 is 10.1 Å². The zero-order valence-corrected chi connectivity index (χ0v) is 22.6. The van der Waals surface area contributed by atoms with Gasteiger partial charge in [0.05, 0.1) is 29.4 Å². The maximum Gasteiger partial charge on any atom is 0.305 e. The lowest BCUT2D eigenvalue weighted by atomic mass is 10.0. The van der Waals surface area contributed by atoms with Crippen LogP contribution in [0.15, 0.2) is 72.8 Å². The fourth-order valence-corrected chi connectivity index (χ4v) is 4.71. The van der Waals surface area contributed by atoms with Crippen molar-refractivity contribution in [1.29, 1.82) is 0 Å². The number of carboxylic acids is 1. The fraction of sp³-hybridized carbons (Fsp3) is 0.214. The predicted molar refractivity (Wildman–Crippen MR) is 148 cm³/mol. The highest BCUT2D eigenvalue weighted by molar-refractivity contribution is 6.02. The van der Waals surface area contributed by atoms with Gasteiger partial charge in [0.2, 0.25) is 0 Å². The van der Waals surface area contributed by atoms with E-state index in [9.17, 15) is 44.5 Å². The number of nitrogens with one attached hydrogen (secondary N) is 1. The Morgan fingerprint density at radius 3 is 1.98 bits per heavy atom. The molecule has 1 heterocycles. The van der Waals surface area contributed by atoms with Crippen molar-refractivity contribution in [2.24, 2.45) is 0 Å². The first-order valence-electron chi connectivity index (χ1n) is 12.8. The van der Waals surface area contributed by atoms with Gasteiger partial charge in [-0.1, -0.05) is 24.3 Å². The monoisotopic (exact) mass is 591 g/mol. The minimum Gasteiger partial charge on any atom is -0.497 e. The summed E-state index contributed by atoms with van der Waals surface area (Å²) >= 11 is 0. The Labute approximate surface area is 243 Å². The first-order valence-corrected chi connectivity index (χ1v) is 12.8. The number of rotatable bonds is 10. The molecular formula is C28H25N5O10. The number of nitrogens with zero attached hydrogens (tertiary/aromatic N) is 4. The summed E-state index contributed by atoms with van der Waals surface area (Å²) in [6.45, 7) is -0.231. The van der Waals surface area contributed by atoms with E-state index in [4.69, 9.17) is 4.74 Å². The van der Waals surface area contributed by atoms with Crippen molar-refractivity contribution >= 4 is 35.1 Å². The number of carbonyl (C=O) groups is 4. The van der Waals surface area contributed by atoms with Crippen LogP contribution in [-0.2, 0) is 9.59 Å². The van der Waals surface area contributed by atoms with Crippen molar-refractivity contribution in [1.82, 2.24) is 15.1 Å². The van der Waals surface area contributed by atoms with E-state index < -0.39 is 52.2 Å². The van der Waals surface area contributed by atoms with Crippen molar-refractivity contribution in [3.8, 4) is 5.75 Å². The number of benzene rings is 3. The van der Waals surface area contributed by atoms with Crippen LogP contribution in [-0.4, -0.2) is 74.8 Å². The van der Waals surface area contributed by atoms with E-state index in [0.717, 1.165) is 21.9 Å². The summed E-state index contributed by atoms with van der Waals surface area (Å²) in [6, 6.07) is 14.8. The average Bonchev–Trinajstić information content (AvgIpc) is 3.45. The number of nitro benzene ring substituents is 2. The fourth-order valence-electron chi connectivity index (χ4n) is 4.71. The lowest BCUT2D eigenvalue weighted by Crippen LogP contribution is -2.54. The topological polar surface area (TPSA) is 203 Å². The van der Waals surface area contributed by atoms with Crippen molar-refractivity contribution < 1.29 is 38.9 Å². The van der Waals surface area contributed by atoms with E-state index in [-0.39, 0.29) is 41.2 Å². The lowest BCUT2D eigenvalue weighted by Gasteiger charge is -2.31. The molecule has 3 aromatic rings. The number of methoxy groups -OCH3 is 1. The quantitative estimate of drug-likeness (QED) is 0.261. The molecular weight excluding hydrogens is 566 g/mol. The molecule has 3 amide bonds. The van der Waals surface area contributed by atoms with Crippen molar-refractivity contribution in [2.75, 3.05) is 20.2 Å². The Hall–Kier alpha value is -5.86. The van der Waals surface area contributed by atoms with Gasteiger partial charge in [0.15, 0.2) is 6.17 Å². The van der Waals surface area contributed by atoms with E-state index >= 15 is 0 Å². The van der Waals surface area contributed by atoms with Crippen LogP contribution in [0.5, 0.6) is 5.75 Å². The van der Waals surface area contributed by atoms with Crippen LogP contribution in [0.3, 0.4) is 0 Å². The second kappa shape index (κ2) is 12.8. The molecule has 0 spiro atoms. The van der Waals surface area contributed by atoms with Gasteiger partial charge in [0, 0.05) is 48.5 Å². The molecule has 2 atom stereocenters. The van der Waals surface area contributed by atoms with E-state index in [0.29, 0.717) is 5.75 Å². The molecule has 222 valence electrons. The summed E-state index contributed by atoms with van der Waals surface area (Å²) in [7, 11) is 1.41. The maximum atomic E-state index is 13.9. The average molecular weight is 592 g/mol. The second-order valence-electron chi connectivity index (χ2n) is 9.42. The SMILES string of the molecule is COc1cccc(C(=O)N2CCN(C(=O)c3cccc([N+](=O)[O-])c3)C2C(=O)NC(CC(=O)O)c2cccc([N+](=O)[O-])c2)c1. The standard InChI is InChI=1S/C28H25N5O10/c1-43-22-10-4-7-19(15-22)28(38)31-12-11-30(27(37)18-6-3-9-21(14-18)33(41)42)26(31)25(36)29-23(16-24(34)35)17-5-2-8-20(13-17)32(39)40/h2-10,13-15,23,26H,11-12,16H2,1H3,(H,29,36)(H,34,35). The number of ether oxygens (including phenoxy) is 1. The molecule has 0 aromatic heterocycles. The highest BCUT2D eigenvalue weighted by atomic mass is 16.6. The van der Waals surface area contributed by atoms with Crippen molar-refractivity contribution in [3.05, 3.63) is 110 Å². The molecule has 1 fully saturated rings. The van der Waals surface area contributed by atoms with Gasteiger partial charge >= 0.3 is 5.97 Å². The number of carboxylic acid groups (broad SMARTS) is 1. The molecule has 2 N–H and O–H groups in total. The number of carbonyl (C=O) groups excluding carboxylic acids is 3. The van der Waals surface area contributed by atoms with Crippen LogP contribution in [0.4, 0.5) is 11.4 Å². The zero-order chi connectivity index (χ0) is 31.3. The Kier molecular flexibility index (Phi) is 8.93. The third kappa shape index (κ3) is 6.73. The van der Waals surface area contributed by atoms with Crippen LogP contribution in [0, 0.1) is 20.2 Å². The Morgan fingerprint density at radius 1 is 0.884 bits per heavy atom. The van der Waals surface area contributed by atoms with Crippen LogP contribution in [0.25, 0.3) is 0 Å². The summed E-state index contributed by atoms with van der Waals surface area (Å²) in [6.07, 6.45) is -2.26. The predicted octanol–water partition coefficient (Wildman–Crippen LogP) is 2.77. The largest absolute Gasteiger partial charge is 0.497 e. The van der Waals surface area contributed by atoms with Gasteiger partial charge in [0.25, 0.3) is 29.1 Å². The third-order valence-corrected chi connectivity index (χ3v) is 6.73. The molecule has 2 unspecified atom stereocenters. The molecule has 0 saturated carbocycles. The zero-order valence-electron chi connectivity index (χ0n) is 22.6. The molecule has 1 saturated heterocycles. The van der Waals surface area contributed by atoms with Crippen LogP contribution in [0.2, 0.25) is 0 Å². The highest BCUT2D eigenvalue weighted by Gasteiger charge is 2.44. The highest BCUT2D eigenvalue weighted by Crippen LogP contribution is 2.27. The van der Waals surface area contributed by atoms with Gasteiger partial charge < -0.3 is 25.0 Å². The molecule has 3 aromatic carbocycles. The Morgan fingerprint density at radius 2 is 1.42 bits per heavy atom. The van der Waals surface area contributed by atoms with Gasteiger partial charge in [-0.3, -0.25) is 39.4 Å². The molecule has 15 heteroatoms. The number of hydrogen-bond donors (Lipinski definition) is 2. The van der Waals surface area contributed by atoms with Crippen LogP contribution >= 0.6 is 0 Å². The summed E-state index contributed by atoms with van der Waals surface area (Å²) in [5.41, 5.74) is -0.543. The Balaban J connectivity index is 1.73. The normalized spacial score (nSPS) is 15.0. The van der Waals surface area contributed by atoms with Gasteiger partial charge in [-0.15, -0.1) is 0 Å². The molecule has 1 aliphatic rings. The summed E-state index contributed by atoms with van der Waals surface area (Å²) in [5.74, 6) is -3.32. The van der Waals surface area contributed by atoms with E-state index in [1.165, 1.54) is 55.6 Å². The number of nitro groups is 2. The van der Waals surface area contributed by atoms with Crippen LogP contribution in [0.1, 0.15) is 38.7 Å². The molecule has 43 heavy (non-hydrogen) atoms. The minimum absolute atomic E-state index is 0.102. The Bertz CT molecular complexity index is 1610. The molecule has 4 rings (SSSR count). The lowest BCUT2D eigenvalue weighted by molar-refractivity contribution is -0.385. The van der Waals surface area contributed by atoms with E-state index in [1.54, 1.807) is 12.1 Å². The smallest absolute Gasteiger partial charge is 0.305 e. The van der Waals surface area contributed by atoms with Gasteiger partial charge in [0.1, 0.15) is 5.75 Å². The minimum atomic E-state index is -1.60. The van der Waals surface area contributed by atoms with E-state index in [1.807, 2.05) is 0 Å². The number of amides is 3. The van der Waals surface area contributed by atoms with Gasteiger partial charge in [-0.25, -0.2) is 0 Å². The molecule has 1 aliphatic heterocycles. The first-order chi connectivity index (χ1) is 20.5. The maximum absolute atomic E-state index is 13.9. The molecule has 15 nitrogen and oxygen atoms in total. The molecule has 0 radical (unpaired) electrons. The summed E-state index contributed by atoms with van der Waals surface area (Å²) in [4.78, 5) is 76.2. The number of non-ortho nitro benzene ring substituents is 2. The first kappa shape index (κ1) is 30.1. The molecule has 0 bridgehead atoms.